The number of hydrogen-bond donors (Lipinski definition) is 2. The van der Waals surface area contributed by atoms with Crippen LogP contribution >= 0.6 is 0 Å². The van der Waals surface area contributed by atoms with Crippen LogP contribution in [0.15, 0.2) is 48.7 Å². The van der Waals surface area contributed by atoms with Crippen molar-refractivity contribution in [3.05, 3.63) is 59.8 Å². The molecule has 0 amide bonds. The first-order valence-corrected chi connectivity index (χ1v) is 7.43. The third-order valence-electron chi connectivity index (χ3n) is 3.84. The summed E-state index contributed by atoms with van der Waals surface area (Å²) < 4.78 is 8.04. The van der Waals surface area contributed by atoms with Gasteiger partial charge < -0.3 is 20.1 Å². The van der Waals surface area contributed by atoms with Gasteiger partial charge in [-0.15, -0.1) is 0 Å². The maximum atomic E-state index is 9.31. The third-order valence-corrected chi connectivity index (χ3v) is 3.84. The first-order chi connectivity index (χ1) is 10.7. The first kappa shape index (κ1) is 14.5. The molecule has 1 aromatic heterocycles. The Hall–Kier alpha value is -2.46. The molecule has 3 aromatic rings. The fourth-order valence-electron chi connectivity index (χ4n) is 2.63. The average Bonchev–Trinajstić information content (AvgIpc) is 2.91. The van der Waals surface area contributed by atoms with Gasteiger partial charge in [0.15, 0.2) is 0 Å². The largest absolute Gasteiger partial charge is 0.508 e. The first-order valence-electron chi connectivity index (χ1n) is 7.43. The molecule has 22 heavy (non-hydrogen) atoms. The fourth-order valence-corrected chi connectivity index (χ4v) is 2.63. The predicted octanol–water partition coefficient (Wildman–Crippen LogP) is 3.40. The number of aromatic nitrogens is 1. The van der Waals surface area contributed by atoms with Crippen molar-refractivity contribution in [2.75, 3.05) is 0 Å². The van der Waals surface area contributed by atoms with Gasteiger partial charge in [-0.1, -0.05) is 6.07 Å². The standard InChI is InChI=1S/C18H20N2O2/c1-2-20-11-14(12-22-16-6-4-15(21)5-7-16)17-9-13(10-19)3-8-18(17)20/h3-9,11,21H,2,10,12,19H2,1H3. The molecule has 0 bridgehead atoms. The van der Waals surface area contributed by atoms with E-state index in [2.05, 4.69) is 35.9 Å². The monoisotopic (exact) mass is 296 g/mol. The van der Waals surface area contributed by atoms with Gasteiger partial charge in [-0.05, 0) is 48.9 Å². The minimum atomic E-state index is 0.238. The van der Waals surface area contributed by atoms with E-state index in [0.717, 1.165) is 23.4 Å². The van der Waals surface area contributed by atoms with Crippen molar-refractivity contribution in [1.82, 2.24) is 4.57 Å². The van der Waals surface area contributed by atoms with Crippen LogP contribution in [0.25, 0.3) is 10.9 Å². The highest BCUT2D eigenvalue weighted by Gasteiger charge is 2.09. The Morgan fingerprint density at radius 1 is 1.14 bits per heavy atom. The van der Waals surface area contributed by atoms with E-state index < -0.39 is 0 Å². The smallest absolute Gasteiger partial charge is 0.120 e. The van der Waals surface area contributed by atoms with Crippen molar-refractivity contribution in [3.8, 4) is 11.5 Å². The minimum Gasteiger partial charge on any atom is -0.508 e. The summed E-state index contributed by atoms with van der Waals surface area (Å²) in [5, 5.41) is 10.5. The van der Waals surface area contributed by atoms with Crippen molar-refractivity contribution >= 4 is 10.9 Å². The van der Waals surface area contributed by atoms with Gasteiger partial charge in [0.25, 0.3) is 0 Å². The van der Waals surface area contributed by atoms with Crippen LogP contribution in [0.2, 0.25) is 0 Å². The molecular weight excluding hydrogens is 276 g/mol. The van der Waals surface area contributed by atoms with E-state index in [9.17, 15) is 5.11 Å². The second kappa shape index (κ2) is 6.12. The normalized spacial score (nSPS) is 11.0. The minimum absolute atomic E-state index is 0.238. The number of fused-ring (bicyclic) bond motifs is 1. The van der Waals surface area contributed by atoms with E-state index in [0.29, 0.717) is 13.2 Å². The molecule has 0 atom stereocenters. The molecule has 0 saturated heterocycles. The summed E-state index contributed by atoms with van der Waals surface area (Å²) in [5.41, 5.74) is 9.20. The molecule has 1 heterocycles. The summed E-state index contributed by atoms with van der Waals surface area (Å²) in [5.74, 6) is 0.979. The summed E-state index contributed by atoms with van der Waals surface area (Å²) in [6.45, 7) is 4.06. The van der Waals surface area contributed by atoms with Gasteiger partial charge in [0, 0.05) is 35.8 Å². The lowest BCUT2D eigenvalue weighted by molar-refractivity contribution is 0.307. The van der Waals surface area contributed by atoms with E-state index in [1.54, 1.807) is 24.3 Å². The van der Waals surface area contributed by atoms with Crippen molar-refractivity contribution in [3.63, 3.8) is 0 Å². The molecule has 4 heteroatoms. The van der Waals surface area contributed by atoms with Crippen LogP contribution in [0.3, 0.4) is 0 Å². The summed E-state index contributed by atoms with van der Waals surface area (Å²) in [4.78, 5) is 0. The van der Waals surface area contributed by atoms with Gasteiger partial charge in [-0.25, -0.2) is 0 Å². The predicted molar refractivity (Wildman–Crippen MR) is 87.9 cm³/mol. The van der Waals surface area contributed by atoms with Crippen LogP contribution in [0, 0.1) is 0 Å². The zero-order chi connectivity index (χ0) is 15.5. The molecule has 0 unspecified atom stereocenters. The number of ether oxygens (including phenoxy) is 1. The van der Waals surface area contributed by atoms with Gasteiger partial charge >= 0.3 is 0 Å². The molecule has 0 aliphatic rings. The average molecular weight is 296 g/mol. The highest BCUT2D eigenvalue weighted by molar-refractivity contribution is 5.84. The molecule has 0 spiro atoms. The van der Waals surface area contributed by atoms with Crippen molar-refractivity contribution in [2.45, 2.75) is 26.6 Å². The highest BCUT2D eigenvalue weighted by atomic mass is 16.5. The Morgan fingerprint density at radius 3 is 2.59 bits per heavy atom. The van der Waals surface area contributed by atoms with E-state index in [1.165, 1.54) is 10.9 Å². The number of hydrogen-bond acceptors (Lipinski definition) is 3. The van der Waals surface area contributed by atoms with Crippen LogP contribution in [0.1, 0.15) is 18.1 Å². The summed E-state index contributed by atoms with van der Waals surface area (Å²) >= 11 is 0. The molecule has 0 aliphatic heterocycles. The summed E-state index contributed by atoms with van der Waals surface area (Å²) in [6.07, 6.45) is 2.13. The van der Waals surface area contributed by atoms with E-state index in [1.807, 2.05) is 0 Å². The van der Waals surface area contributed by atoms with Crippen molar-refractivity contribution < 1.29 is 9.84 Å². The van der Waals surface area contributed by atoms with E-state index in [4.69, 9.17) is 10.5 Å². The zero-order valence-electron chi connectivity index (χ0n) is 12.6. The lowest BCUT2D eigenvalue weighted by atomic mass is 10.1. The van der Waals surface area contributed by atoms with E-state index >= 15 is 0 Å². The van der Waals surface area contributed by atoms with Gasteiger partial charge in [0.05, 0.1) is 0 Å². The van der Waals surface area contributed by atoms with Crippen LogP contribution < -0.4 is 10.5 Å². The molecule has 2 aromatic carbocycles. The SMILES string of the molecule is CCn1cc(COc2ccc(O)cc2)c2cc(CN)ccc21. The van der Waals surface area contributed by atoms with Crippen molar-refractivity contribution in [2.24, 2.45) is 5.73 Å². The van der Waals surface area contributed by atoms with E-state index in [-0.39, 0.29) is 5.75 Å². The van der Waals surface area contributed by atoms with Gasteiger partial charge in [0.2, 0.25) is 0 Å². The molecule has 3 N–H and O–H groups in total. The number of nitrogens with zero attached hydrogens (tertiary/aromatic N) is 1. The highest BCUT2D eigenvalue weighted by Crippen LogP contribution is 2.25. The van der Waals surface area contributed by atoms with Gasteiger partial charge in [-0.3, -0.25) is 0 Å². The summed E-state index contributed by atoms with van der Waals surface area (Å²) in [7, 11) is 0. The van der Waals surface area contributed by atoms with Crippen LogP contribution in [-0.2, 0) is 19.7 Å². The quantitative estimate of drug-likeness (QED) is 0.758. The van der Waals surface area contributed by atoms with Crippen LogP contribution in [0.5, 0.6) is 11.5 Å². The number of phenolic OH excluding ortho intramolecular Hbond substituents is 1. The zero-order valence-corrected chi connectivity index (χ0v) is 12.6. The Bertz CT molecular complexity index is 776. The second-order valence-corrected chi connectivity index (χ2v) is 5.28. The van der Waals surface area contributed by atoms with Gasteiger partial charge in [0.1, 0.15) is 18.1 Å². The molecular formula is C18H20N2O2. The number of aromatic hydroxyl groups is 1. The van der Waals surface area contributed by atoms with Crippen LogP contribution in [-0.4, -0.2) is 9.67 Å². The molecule has 4 nitrogen and oxygen atoms in total. The number of benzene rings is 2. The molecule has 114 valence electrons. The lowest BCUT2D eigenvalue weighted by Gasteiger charge is -2.06. The molecule has 3 rings (SSSR count). The Kier molecular flexibility index (Phi) is 4.02. The number of rotatable bonds is 5. The maximum Gasteiger partial charge on any atom is 0.120 e. The summed E-state index contributed by atoms with van der Waals surface area (Å²) in [6, 6.07) is 13.1. The molecule has 0 fully saturated rings. The molecule has 0 aliphatic carbocycles. The lowest BCUT2D eigenvalue weighted by Crippen LogP contribution is -1.97. The number of nitrogens with two attached hydrogens (primary N) is 1. The Balaban J connectivity index is 1.90. The fraction of sp³-hybridized carbons (Fsp3) is 0.222. The maximum absolute atomic E-state index is 9.31. The third kappa shape index (κ3) is 2.78. The Morgan fingerprint density at radius 2 is 1.91 bits per heavy atom. The Labute approximate surface area is 129 Å². The second-order valence-electron chi connectivity index (χ2n) is 5.28. The number of aryl methyl sites for hydroxylation is 1. The molecule has 0 saturated carbocycles. The van der Waals surface area contributed by atoms with Gasteiger partial charge in [-0.2, -0.15) is 0 Å². The van der Waals surface area contributed by atoms with Crippen LogP contribution in [0.4, 0.5) is 0 Å². The topological polar surface area (TPSA) is 60.4 Å². The molecule has 0 radical (unpaired) electrons. The number of phenols is 1. The van der Waals surface area contributed by atoms with Crippen molar-refractivity contribution in [1.29, 1.82) is 0 Å².